The highest BCUT2D eigenvalue weighted by molar-refractivity contribution is 5.94. The van der Waals surface area contributed by atoms with E-state index in [1.54, 1.807) is 0 Å². The number of hydrogen-bond acceptors (Lipinski definition) is 5. The number of carbonyl (C=O) groups is 1. The van der Waals surface area contributed by atoms with Crippen molar-refractivity contribution in [2.75, 3.05) is 38.2 Å². The van der Waals surface area contributed by atoms with E-state index in [1.165, 1.54) is 5.56 Å². The second-order valence-electron chi connectivity index (χ2n) is 6.13. The molecule has 0 aliphatic carbocycles. The Balaban J connectivity index is 1.50. The van der Waals surface area contributed by atoms with Gasteiger partial charge in [-0.15, -0.1) is 0 Å². The van der Waals surface area contributed by atoms with Crippen LogP contribution in [-0.2, 0) is 20.8 Å². The second-order valence-corrected chi connectivity index (χ2v) is 6.13. The third-order valence-corrected chi connectivity index (χ3v) is 4.39. The minimum atomic E-state index is -0.378. The van der Waals surface area contributed by atoms with E-state index in [9.17, 15) is 4.79 Å². The SMILES string of the molecule is NC[C@H]1CC[C@@H](C(=O)Nc2ccc(CN3CCOCC3)cc2)O1. The van der Waals surface area contributed by atoms with Gasteiger partial charge in [-0.25, -0.2) is 0 Å². The zero-order valence-electron chi connectivity index (χ0n) is 13.4. The van der Waals surface area contributed by atoms with Crippen molar-refractivity contribution in [2.24, 2.45) is 5.73 Å². The number of rotatable bonds is 5. The van der Waals surface area contributed by atoms with Crippen LogP contribution in [0.4, 0.5) is 5.69 Å². The molecule has 0 aromatic heterocycles. The van der Waals surface area contributed by atoms with Crippen LogP contribution >= 0.6 is 0 Å². The molecular formula is C17H25N3O3. The van der Waals surface area contributed by atoms with Crippen LogP contribution in [0.1, 0.15) is 18.4 Å². The van der Waals surface area contributed by atoms with Crippen LogP contribution in [0.2, 0.25) is 0 Å². The Hall–Kier alpha value is -1.47. The molecule has 2 atom stereocenters. The smallest absolute Gasteiger partial charge is 0.253 e. The topological polar surface area (TPSA) is 76.8 Å². The Morgan fingerprint density at radius 2 is 1.96 bits per heavy atom. The molecule has 2 saturated heterocycles. The van der Waals surface area contributed by atoms with Crippen LogP contribution in [0.5, 0.6) is 0 Å². The van der Waals surface area contributed by atoms with Crippen LogP contribution in [-0.4, -0.2) is 55.9 Å². The average molecular weight is 319 g/mol. The van der Waals surface area contributed by atoms with Gasteiger partial charge in [-0.1, -0.05) is 12.1 Å². The van der Waals surface area contributed by atoms with Crippen molar-refractivity contribution in [3.05, 3.63) is 29.8 Å². The molecule has 6 nitrogen and oxygen atoms in total. The highest BCUT2D eigenvalue weighted by Gasteiger charge is 2.29. The molecule has 0 bridgehead atoms. The Morgan fingerprint density at radius 1 is 1.22 bits per heavy atom. The number of hydrogen-bond donors (Lipinski definition) is 2. The van der Waals surface area contributed by atoms with Gasteiger partial charge in [0.25, 0.3) is 5.91 Å². The van der Waals surface area contributed by atoms with Crippen molar-refractivity contribution in [2.45, 2.75) is 31.6 Å². The van der Waals surface area contributed by atoms with Crippen LogP contribution in [0.3, 0.4) is 0 Å². The summed E-state index contributed by atoms with van der Waals surface area (Å²) in [5.41, 5.74) is 7.62. The van der Waals surface area contributed by atoms with E-state index in [1.807, 2.05) is 12.1 Å². The first-order valence-electron chi connectivity index (χ1n) is 8.30. The van der Waals surface area contributed by atoms with Gasteiger partial charge in [0.2, 0.25) is 0 Å². The molecule has 2 fully saturated rings. The number of nitrogens with zero attached hydrogens (tertiary/aromatic N) is 1. The summed E-state index contributed by atoms with van der Waals surface area (Å²) >= 11 is 0. The number of morpholine rings is 1. The number of carbonyl (C=O) groups excluding carboxylic acids is 1. The summed E-state index contributed by atoms with van der Waals surface area (Å²) in [5, 5.41) is 2.92. The van der Waals surface area contributed by atoms with Crippen LogP contribution in [0.25, 0.3) is 0 Å². The maximum absolute atomic E-state index is 12.2. The van der Waals surface area contributed by atoms with Gasteiger partial charge in [0.1, 0.15) is 6.10 Å². The molecule has 0 unspecified atom stereocenters. The minimum Gasteiger partial charge on any atom is -0.379 e. The van der Waals surface area contributed by atoms with E-state index in [0.717, 1.165) is 51.4 Å². The predicted molar refractivity (Wildman–Crippen MR) is 88.1 cm³/mol. The molecule has 1 amide bonds. The van der Waals surface area contributed by atoms with Crippen molar-refractivity contribution in [3.8, 4) is 0 Å². The number of nitrogens with two attached hydrogens (primary N) is 1. The van der Waals surface area contributed by atoms with Crippen LogP contribution in [0.15, 0.2) is 24.3 Å². The van der Waals surface area contributed by atoms with Crippen molar-refractivity contribution in [1.82, 2.24) is 4.90 Å². The highest BCUT2D eigenvalue weighted by atomic mass is 16.5. The molecule has 2 heterocycles. The fourth-order valence-electron chi connectivity index (χ4n) is 3.01. The summed E-state index contributed by atoms with van der Waals surface area (Å²) < 4.78 is 11.0. The zero-order valence-corrected chi connectivity index (χ0v) is 13.4. The zero-order chi connectivity index (χ0) is 16.1. The lowest BCUT2D eigenvalue weighted by molar-refractivity contribution is -0.126. The van der Waals surface area contributed by atoms with Gasteiger partial charge in [0.15, 0.2) is 0 Å². The Kier molecular flexibility index (Phi) is 5.61. The lowest BCUT2D eigenvalue weighted by Crippen LogP contribution is -2.35. The van der Waals surface area contributed by atoms with Crippen LogP contribution in [0, 0.1) is 0 Å². The highest BCUT2D eigenvalue weighted by Crippen LogP contribution is 2.21. The third kappa shape index (κ3) is 4.51. The molecule has 126 valence electrons. The molecule has 23 heavy (non-hydrogen) atoms. The van der Waals surface area contributed by atoms with Crippen molar-refractivity contribution < 1.29 is 14.3 Å². The maximum atomic E-state index is 12.2. The van der Waals surface area contributed by atoms with Gasteiger partial charge >= 0.3 is 0 Å². The molecule has 0 saturated carbocycles. The van der Waals surface area contributed by atoms with E-state index >= 15 is 0 Å². The average Bonchev–Trinajstić information content (AvgIpc) is 3.07. The summed E-state index contributed by atoms with van der Waals surface area (Å²) in [5.74, 6) is -0.0816. The third-order valence-electron chi connectivity index (χ3n) is 4.39. The van der Waals surface area contributed by atoms with Crippen molar-refractivity contribution in [3.63, 3.8) is 0 Å². The summed E-state index contributed by atoms with van der Waals surface area (Å²) in [4.78, 5) is 14.6. The van der Waals surface area contributed by atoms with Gasteiger partial charge in [-0.3, -0.25) is 9.69 Å². The number of amides is 1. The normalized spacial score (nSPS) is 25.4. The van der Waals surface area contributed by atoms with E-state index in [4.69, 9.17) is 15.2 Å². The van der Waals surface area contributed by atoms with Crippen molar-refractivity contribution in [1.29, 1.82) is 0 Å². The molecule has 2 aliphatic rings. The van der Waals surface area contributed by atoms with Gasteiger partial charge in [0.05, 0.1) is 19.3 Å². The van der Waals surface area contributed by atoms with Gasteiger partial charge in [-0.05, 0) is 30.5 Å². The molecule has 0 spiro atoms. The second kappa shape index (κ2) is 7.88. The quantitative estimate of drug-likeness (QED) is 0.845. The van der Waals surface area contributed by atoms with E-state index < -0.39 is 0 Å². The Labute approximate surface area is 136 Å². The fourth-order valence-corrected chi connectivity index (χ4v) is 3.01. The predicted octanol–water partition coefficient (Wildman–Crippen LogP) is 0.964. The molecule has 6 heteroatoms. The summed E-state index contributed by atoms with van der Waals surface area (Å²) in [6.07, 6.45) is 1.23. The first kappa shape index (κ1) is 16.4. The Bertz CT molecular complexity index is 514. The molecular weight excluding hydrogens is 294 g/mol. The largest absolute Gasteiger partial charge is 0.379 e. The molecule has 3 N–H and O–H groups in total. The molecule has 3 rings (SSSR count). The van der Waals surface area contributed by atoms with Crippen LogP contribution < -0.4 is 11.1 Å². The van der Waals surface area contributed by atoms with E-state index in [2.05, 4.69) is 22.3 Å². The van der Waals surface area contributed by atoms with Crippen molar-refractivity contribution >= 4 is 11.6 Å². The maximum Gasteiger partial charge on any atom is 0.253 e. The molecule has 2 aliphatic heterocycles. The summed E-state index contributed by atoms with van der Waals surface area (Å²) in [6.45, 7) is 4.94. The molecule has 0 radical (unpaired) electrons. The lowest BCUT2D eigenvalue weighted by Gasteiger charge is -2.26. The molecule has 1 aromatic carbocycles. The Morgan fingerprint density at radius 3 is 2.61 bits per heavy atom. The number of ether oxygens (including phenoxy) is 2. The molecule has 1 aromatic rings. The number of nitrogens with one attached hydrogen (secondary N) is 1. The summed E-state index contributed by atoms with van der Waals surface area (Å²) in [6, 6.07) is 8.01. The van der Waals surface area contributed by atoms with Gasteiger partial charge in [-0.2, -0.15) is 0 Å². The van der Waals surface area contributed by atoms with Gasteiger partial charge < -0.3 is 20.5 Å². The lowest BCUT2D eigenvalue weighted by atomic mass is 10.1. The standard InChI is InChI=1S/C17H25N3O3/c18-11-15-5-6-16(23-15)17(21)19-14-3-1-13(2-4-14)12-20-7-9-22-10-8-20/h1-4,15-16H,5-12,18H2,(H,19,21)/t15-,16+/m1/s1. The minimum absolute atomic E-state index is 0.0154. The van der Waals surface area contributed by atoms with E-state index in [-0.39, 0.29) is 18.1 Å². The fraction of sp³-hybridized carbons (Fsp3) is 0.588. The van der Waals surface area contributed by atoms with E-state index in [0.29, 0.717) is 6.54 Å². The van der Waals surface area contributed by atoms with Gasteiger partial charge in [0, 0.05) is 31.9 Å². The first-order valence-corrected chi connectivity index (χ1v) is 8.30. The summed E-state index contributed by atoms with van der Waals surface area (Å²) in [7, 11) is 0. The monoisotopic (exact) mass is 319 g/mol. The first-order chi connectivity index (χ1) is 11.2. The number of benzene rings is 1. The number of anilines is 1.